The third-order valence-corrected chi connectivity index (χ3v) is 12.7. The number of carbonyl (C=O) groups is 4. The molecule has 2 aromatic carbocycles. The number of nitrogens with zero attached hydrogens (tertiary/aromatic N) is 8. The molecule has 0 aliphatic carbocycles. The van der Waals surface area contributed by atoms with Crippen LogP contribution in [-0.4, -0.2) is 140 Å². The maximum absolute atomic E-state index is 15.1. The number of aryl methyl sites for hydroxylation is 1. The van der Waals surface area contributed by atoms with E-state index in [4.69, 9.17) is 14.2 Å². The molecule has 8 rings (SSSR count). The minimum absolute atomic E-state index is 0.0234. The van der Waals surface area contributed by atoms with Gasteiger partial charge in [0.1, 0.15) is 35.5 Å². The standard InChI is InChI=1S/C46H52F2N10O7S/c1-28(2)58-29(3)51-43-34(47)21-31(22-37(43)58)42-35(48)24-50-46(54-42)52-39-9-7-30(23-49-39)25-55-11-13-56(14-12-55)41(60)27-65-18-17-63-15-16-64-19-20-66-38-6-4-5-32-33(38)26-57(45(32)62)36-8-10-40(59)53-44(36)61/h4-7,9,21-24,28,36H,8,10-20,25-27H2,1-3H3,(H,53,59,61)(H,49,50,52,54). The highest BCUT2D eigenvalue weighted by molar-refractivity contribution is 7.99. The molecule has 2 N–H and O–H groups in total. The van der Waals surface area contributed by atoms with Crippen LogP contribution < -0.4 is 10.6 Å². The van der Waals surface area contributed by atoms with Crippen molar-refractivity contribution >= 4 is 58.2 Å². The van der Waals surface area contributed by atoms with Crippen molar-refractivity contribution in [3.8, 4) is 11.3 Å². The minimum atomic E-state index is -0.684. The topological polar surface area (TPSA) is 186 Å². The lowest BCUT2D eigenvalue weighted by Gasteiger charge is -2.34. The van der Waals surface area contributed by atoms with Gasteiger partial charge in [0.25, 0.3) is 5.91 Å². The first-order valence-corrected chi connectivity index (χ1v) is 23.0. The van der Waals surface area contributed by atoms with Crippen LogP contribution in [0.1, 0.15) is 60.0 Å². The number of ether oxygens (including phenoxy) is 3. The van der Waals surface area contributed by atoms with Gasteiger partial charge in [-0.15, -0.1) is 11.8 Å². The summed E-state index contributed by atoms with van der Waals surface area (Å²) in [5.41, 5.74) is 3.47. The number of thioether (sulfide) groups is 1. The predicted molar refractivity (Wildman–Crippen MR) is 241 cm³/mol. The second-order valence-electron chi connectivity index (χ2n) is 16.5. The number of rotatable bonds is 19. The molecule has 5 aromatic rings. The molecule has 0 bridgehead atoms. The van der Waals surface area contributed by atoms with Gasteiger partial charge in [-0.25, -0.2) is 28.7 Å². The molecule has 3 aliphatic heterocycles. The monoisotopic (exact) mass is 926 g/mol. The molecule has 0 saturated carbocycles. The van der Waals surface area contributed by atoms with Crippen LogP contribution in [0.5, 0.6) is 0 Å². The number of amides is 4. The number of carbonyl (C=O) groups excluding carboxylic acids is 4. The van der Waals surface area contributed by atoms with Gasteiger partial charge < -0.3 is 33.9 Å². The summed E-state index contributed by atoms with van der Waals surface area (Å²) < 4.78 is 49.0. The van der Waals surface area contributed by atoms with Crippen molar-refractivity contribution in [1.29, 1.82) is 0 Å². The fraction of sp³-hybridized carbons (Fsp3) is 0.435. The summed E-state index contributed by atoms with van der Waals surface area (Å²) in [6.07, 6.45) is 3.33. The Hall–Kier alpha value is -5.93. The summed E-state index contributed by atoms with van der Waals surface area (Å²) in [6, 6.07) is 11.6. The number of pyridine rings is 1. The molecule has 3 aliphatic rings. The average Bonchev–Trinajstić information content (AvgIpc) is 3.83. The Balaban J connectivity index is 0.685. The molecule has 66 heavy (non-hydrogen) atoms. The van der Waals surface area contributed by atoms with Crippen LogP contribution in [0.4, 0.5) is 20.5 Å². The van der Waals surface area contributed by atoms with E-state index in [1.54, 1.807) is 46.0 Å². The third-order valence-electron chi connectivity index (χ3n) is 11.6. The Morgan fingerprint density at radius 3 is 2.44 bits per heavy atom. The maximum atomic E-state index is 15.1. The molecular weight excluding hydrogens is 875 g/mol. The van der Waals surface area contributed by atoms with Crippen molar-refractivity contribution < 1.29 is 42.2 Å². The maximum Gasteiger partial charge on any atom is 0.255 e. The third kappa shape index (κ3) is 10.8. The summed E-state index contributed by atoms with van der Waals surface area (Å²) in [5, 5.41) is 5.36. The van der Waals surface area contributed by atoms with Crippen molar-refractivity contribution in [2.75, 3.05) is 76.9 Å². The van der Waals surface area contributed by atoms with E-state index < -0.39 is 23.6 Å². The first kappa shape index (κ1) is 46.6. The van der Waals surface area contributed by atoms with Crippen LogP contribution in [0.15, 0.2) is 59.8 Å². The zero-order chi connectivity index (χ0) is 46.3. The molecule has 3 aromatic heterocycles. The zero-order valence-corrected chi connectivity index (χ0v) is 37.9. The van der Waals surface area contributed by atoms with Gasteiger partial charge in [0.2, 0.25) is 23.7 Å². The van der Waals surface area contributed by atoms with E-state index in [1.807, 2.05) is 43.5 Å². The highest BCUT2D eigenvalue weighted by atomic mass is 32.2. The van der Waals surface area contributed by atoms with E-state index in [1.165, 1.54) is 6.07 Å². The molecule has 4 amide bonds. The van der Waals surface area contributed by atoms with E-state index >= 15 is 8.78 Å². The van der Waals surface area contributed by atoms with Gasteiger partial charge in [-0.3, -0.25) is 29.4 Å². The SMILES string of the molecule is Cc1nc2c(F)cc(-c3nc(Nc4ccc(CN5CCN(C(=O)COCCOCCOCCSc6cccc7c6CN(C6CCC(=O)NC6=O)C7=O)CC5)cn4)ncc3F)cc2n1C(C)C. The number of nitrogens with one attached hydrogen (secondary N) is 2. The molecule has 17 nitrogen and oxygen atoms in total. The zero-order valence-electron chi connectivity index (χ0n) is 37.1. The number of fused-ring (bicyclic) bond motifs is 2. The average molecular weight is 927 g/mol. The number of imide groups is 1. The van der Waals surface area contributed by atoms with Gasteiger partial charge in [-0.1, -0.05) is 12.1 Å². The lowest BCUT2D eigenvalue weighted by atomic mass is 10.0. The molecule has 2 fully saturated rings. The van der Waals surface area contributed by atoms with Crippen LogP contribution in [-0.2, 0) is 41.7 Å². The smallest absolute Gasteiger partial charge is 0.255 e. The number of aromatic nitrogens is 5. The molecule has 0 spiro atoms. The van der Waals surface area contributed by atoms with Crippen molar-refractivity contribution in [2.24, 2.45) is 0 Å². The van der Waals surface area contributed by atoms with Crippen molar-refractivity contribution in [3.63, 3.8) is 0 Å². The lowest BCUT2D eigenvalue weighted by Crippen LogP contribution is -2.52. The Morgan fingerprint density at radius 1 is 0.924 bits per heavy atom. The molecule has 2 saturated heterocycles. The highest BCUT2D eigenvalue weighted by Crippen LogP contribution is 2.35. The molecule has 0 radical (unpaired) electrons. The van der Waals surface area contributed by atoms with Crippen LogP contribution in [0.2, 0.25) is 0 Å². The Labute approximate surface area is 384 Å². The first-order valence-electron chi connectivity index (χ1n) is 22.0. The lowest BCUT2D eigenvalue weighted by molar-refractivity contribution is -0.139. The molecule has 20 heteroatoms. The van der Waals surface area contributed by atoms with Gasteiger partial charge in [0.05, 0.1) is 44.7 Å². The molecule has 1 unspecified atom stereocenters. The Morgan fingerprint density at radius 2 is 1.70 bits per heavy atom. The second kappa shape index (κ2) is 21.1. The summed E-state index contributed by atoms with van der Waals surface area (Å²) in [7, 11) is 0. The largest absolute Gasteiger partial charge is 0.378 e. The number of imidazole rings is 1. The number of piperidine rings is 1. The Kier molecular flexibility index (Phi) is 14.9. The number of halogens is 2. The molecular formula is C46H52F2N10O7S. The van der Waals surface area contributed by atoms with Crippen LogP contribution in [0.3, 0.4) is 0 Å². The van der Waals surface area contributed by atoms with Crippen LogP contribution in [0, 0.1) is 18.6 Å². The predicted octanol–water partition coefficient (Wildman–Crippen LogP) is 5.05. The van der Waals surface area contributed by atoms with Gasteiger partial charge >= 0.3 is 0 Å². The summed E-state index contributed by atoms with van der Waals surface area (Å²) >= 11 is 1.59. The molecule has 6 heterocycles. The number of benzene rings is 2. The summed E-state index contributed by atoms with van der Waals surface area (Å²) in [6.45, 7) is 11.1. The number of hydrogen-bond donors (Lipinski definition) is 2. The van der Waals surface area contributed by atoms with E-state index in [-0.39, 0.29) is 66.1 Å². The Bertz CT molecular complexity index is 2590. The summed E-state index contributed by atoms with van der Waals surface area (Å²) in [4.78, 5) is 73.7. The van der Waals surface area contributed by atoms with Gasteiger partial charge in [-0.05, 0) is 68.7 Å². The minimum Gasteiger partial charge on any atom is -0.378 e. The molecule has 1 atom stereocenters. The van der Waals surface area contributed by atoms with Gasteiger partial charge in [-0.2, -0.15) is 0 Å². The van der Waals surface area contributed by atoms with Gasteiger partial charge in [0, 0.05) is 79.7 Å². The number of anilines is 2. The summed E-state index contributed by atoms with van der Waals surface area (Å²) in [5.74, 6) is -0.333. The number of hydrogen-bond acceptors (Lipinski definition) is 14. The highest BCUT2D eigenvalue weighted by Gasteiger charge is 2.40. The van der Waals surface area contributed by atoms with E-state index in [0.717, 1.165) is 22.2 Å². The normalized spacial score (nSPS) is 16.7. The van der Waals surface area contributed by atoms with Crippen LogP contribution >= 0.6 is 11.8 Å². The van der Waals surface area contributed by atoms with Crippen molar-refractivity contribution in [1.82, 2.24) is 44.5 Å². The van der Waals surface area contributed by atoms with Crippen molar-refractivity contribution in [3.05, 3.63) is 89.0 Å². The first-order chi connectivity index (χ1) is 31.9. The van der Waals surface area contributed by atoms with E-state index in [0.29, 0.717) is 101 Å². The fourth-order valence-electron chi connectivity index (χ4n) is 8.40. The van der Waals surface area contributed by atoms with Gasteiger partial charge in [0.15, 0.2) is 11.6 Å². The quantitative estimate of drug-likeness (QED) is 0.0637. The fourth-order valence-corrected chi connectivity index (χ4v) is 9.35. The molecule has 348 valence electrons. The second-order valence-corrected chi connectivity index (χ2v) is 17.6. The van der Waals surface area contributed by atoms with E-state index in [9.17, 15) is 19.2 Å². The van der Waals surface area contributed by atoms with Crippen molar-refractivity contribution in [2.45, 2.75) is 63.7 Å². The van der Waals surface area contributed by atoms with E-state index in [2.05, 4.69) is 35.5 Å². The number of piperazine rings is 1. The van der Waals surface area contributed by atoms with Crippen LogP contribution in [0.25, 0.3) is 22.3 Å².